The standard InChI is InChI=1S/C20H21N3O3/c24-20(12-19-22-17-8-1-2-9-18(17)26-19)23(14-16-7-5-11-25-16)13-15-6-3-4-10-21-15/h1-4,6,8-10,16H,5,7,11-14H2. The molecule has 1 aromatic carbocycles. The van der Waals surface area contributed by atoms with Gasteiger partial charge < -0.3 is 14.1 Å². The van der Waals surface area contributed by atoms with Gasteiger partial charge in [-0.2, -0.15) is 0 Å². The average Bonchev–Trinajstić information content (AvgIpc) is 3.31. The molecule has 1 atom stereocenters. The summed E-state index contributed by atoms with van der Waals surface area (Å²) >= 11 is 0. The first-order valence-corrected chi connectivity index (χ1v) is 8.92. The number of ether oxygens (including phenoxy) is 1. The number of hydrogen-bond acceptors (Lipinski definition) is 5. The third-order valence-corrected chi connectivity index (χ3v) is 4.52. The summed E-state index contributed by atoms with van der Waals surface area (Å²) < 4.78 is 11.4. The highest BCUT2D eigenvalue weighted by atomic mass is 16.5. The number of fused-ring (bicyclic) bond motifs is 1. The molecule has 0 bridgehead atoms. The van der Waals surface area contributed by atoms with E-state index in [4.69, 9.17) is 9.15 Å². The van der Waals surface area contributed by atoms with E-state index in [1.165, 1.54) is 0 Å². The van der Waals surface area contributed by atoms with Crippen LogP contribution in [0, 0.1) is 0 Å². The molecule has 1 aliphatic rings. The fourth-order valence-corrected chi connectivity index (χ4v) is 3.21. The van der Waals surface area contributed by atoms with Gasteiger partial charge in [-0.15, -0.1) is 0 Å². The molecule has 26 heavy (non-hydrogen) atoms. The van der Waals surface area contributed by atoms with E-state index in [9.17, 15) is 4.79 Å². The molecule has 0 radical (unpaired) electrons. The van der Waals surface area contributed by atoms with Gasteiger partial charge in [-0.3, -0.25) is 9.78 Å². The van der Waals surface area contributed by atoms with Crippen molar-refractivity contribution in [2.24, 2.45) is 0 Å². The van der Waals surface area contributed by atoms with Crippen LogP contribution in [0.1, 0.15) is 24.4 Å². The van der Waals surface area contributed by atoms with Gasteiger partial charge >= 0.3 is 0 Å². The molecule has 134 valence electrons. The first-order valence-electron chi connectivity index (χ1n) is 8.92. The lowest BCUT2D eigenvalue weighted by Crippen LogP contribution is -2.38. The zero-order chi connectivity index (χ0) is 17.8. The van der Waals surface area contributed by atoms with Crippen molar-refractivity contribution in [3.8, 4) is 0 Å². The number of benzene rings is 1. The van der Waals surface area contributed by atoms with Crippen LogP contribution in [0.2, 0.25) is 0 Å². The first-order chi connectivity index (χ1) is 12.8. The van der Waals surface area contributed by atoms with E-state index in [0.717, 1.165) is 30.7 Å². The molecule has 1 fully saturated rings. The number of para-hydroxylation sites is 2. The predicted octanol–water partition coefficient (Wildman–Crippen LogP) is 2.97. The molecule has 1 unspecified atom stereocenters. The molecular weight excluding hydrogens is 330 g/mol. The van der Waals surface area contributed by atoms with E-state index in [1.54, 1.807) is 11.1 Å². The molecule has 3 heterocycles. The SMILES string of the molecule is O=C(Cc1nc2ccccc2o1)N(Cc1ccccn1)CC1CCCO1. The number of amides is 1. The summed E-state index contributed by atoms with van der Waals surface area (Å²) in [5, 5.41) is 0. The van der Waals surface area contributed by atoms with Gasteiger partial charge in [-0.05, 0) is 37.1 Å². The van der Waals surface area contributed by atoms with Crippen LogP contribution >= 0.6 is 0 Å². The third kappa shape index (κ3) is 3.91. The minimum Gasteiger partial charge on any atom is -0.440 e. The second-order valence-electron chi connectivity index (χ2n) is 6.48. The quantitative estimate of drug-likeness (QED) is 0.683. The number of carbonyl (C=O) groups is 1. The molecule has 6 heteroatoms. The van der Waals surface area contributed by atoms with Crippen molar-refractivity contribution >= 4 is 17.0 Å². The number of nitrogens with zero attached hydrogens (tertiary/aromatic N) is 3. The van der Waals surface area contributed by atoms with E-state index >= 15 is 0 Å². The number of aromatic nitrogens is 2. The molecule has 6 nitrogen and oxygen atoms in total. The van der Waals surface area contributed by atoms with Crippen LogP contribution in [-0.4, -0.2) is 40.0 Å². The molecule has 0 saturated carbocycles. The van der Waals surface area contributed by atoms with Crippen molar-refractivity contribution in [1.29, 1.82) is 0 Å². The second kappa shape index (κ2) is 7.66. The number of carbonyl (C=O) groups excluding carboxylic acids is 1. The summed E-state index contributed by atoms with van der Waals surface area (Å²) in [6, 6.07) is 13.3. The lowest BCUT2D eigenvalue weighted by Gasteiger charge is -2.24. The van der Waals surface area contributed by atoms with Gasteiger partial charge in [0.05, 0.1) is 18.3 Å². The van der Waals surface area contributed by atoms with E-state index in [0.29, 0.717) is 24.6 Å². The normalized spacial score (nSPS) is 16.8. The van der Waals surface area contributed by atoms with Gasteiger partial charge in [-0.25, -0.2) is 4.98 Å². The summed E-state index contributed by atoms with van der Waals surface area (Å²) in [6.45, 7) is 1.79. The maximum atomic E-state index is 12.9. The minimum atomic E-state index is -0.0299. The van der Waals surface area contributed by atoms with Crippen LogP contribution < -0.4 is 0 Å². The van der Waals surface area contributed by atoms with Crippen molar-refractivity contribution < 1.29 is 13.9 Å². The summed E-state index contributed by atoms with van der Waals surface area (Å²) in [6.07, 6.45) is 3.99. The first kappa shape index (κ1) is 16.7. The second-order valence-corrected chi connectivity index (χ2v) is 6.48. The predicted molar refractivity (Wildman–Crippen MR) is 96.3 cm³/mol. The van der Waals surface area contributed by atoms with E-state index in [-0.39, 0.29) is 18.4 Å². The van der Waals surface area contributed by atoms with Crippen LogP contribution in [0.25, 0.3) is 11.1 Å². The number of pyridine rings is 1. The van der Waals surface area contributed by atoms with Crippen molar-refractivity contribution in [2.75, 3.05) is 13.2 Å². The maximum absolute atomic E-state index is 12.9. The van der Waals surface area contributed by atoms with Gasteiger partial charge in [0.15, 0.2) is 5.58 Å². The molecule has 4 rings (SSSR count). The van der Waals surface area contributed by atoms with Crippen molar-refractivity contribution in [2.45, 2.75) is 31.9 Å². The van der Waals surface area contributed by atoms with Crippen molar-refractivity contribution in [3.63, 3.8) is 0 Å². The highest BCUT2D eigenvalue weighted by molar-refractivity contribution is 5.79. The van der Waals surface area contributed by atoms with Crippen LogP contribution in [0.5, 0.6) is 0 Å². The summed E-state index contributed by atoms with van der Waals surface area (Å²) in [5.74, 6) is 0.410. The Morgan fingerprint density at radius 3 is 2.85 bits per heavy atom. The summed E-state index contributed by atoms with van der Waals surface area (Å²) in [4.78, 5) is 23.5. The highest BCUT2D eigenvalue weighted by Crippen LogP contribution is 2.18. The fourth-order valence-electron chi connectivity index (χ4n) is 3.21. The highest BCUT2D eigenvalue weighted by Gasteiger charge is 2.24. The Labute approximate surface area is 151 Å². The fraction of sp³-hybridized carbons (Fsp3) is 0.350. The zero-order valence-electron chi connectivity index (χ0n) is 14.5. The van der Waals surface area contributed by atoms with Crippen molar-refractivity contribution in [3.05, 3.63) is 60.2 Å². The monoisotopic (exact) mass is 351 g/mol. The largest absolute Gasteiger partial charge is 0.440 e. The van der Waals surface area contributed by atoms with Crippen LogP contribution in [-0.2, 0) is 22.5 Å². The van der Waals surface area contributed by atoms with Crippen LogP contribution in [0.15, 0.2) is 53.1 Å². The van der Waals surface area contributed by atoms with Crippen molar-refractivity contribution in [1.82, 2.24) is 14.9 Å². The van der Waals surface area contributed by atoms with Gasteiger partial charge in [0.25, 0.3) is 0 Å². The van der Waals surface area contributed by atoms with Gasteiger partial charge in [0.2, 0.25) is 11.8 Å². The van der Waals surface area contributed by atoms with Gasteiger partial charge in [0, 0.05) is 19.3 Å². The Kier molecular flexibility index (Phi) is 4.93. The molecule has 3 aromatic rings. The number of rotatable bonds is 6. The molecule has 0 aliphatic carbocycles. The molecule has 0 spiro atoms. The molecule has 2 aromatic heterocycles. The number of hydrogen-bond donors (Lipinski definition) is 0. The maximum Gasteiger partial charge on any atom is 0.232 e. The minimum absolute atomic E-state index is 0.0299. The van der Waals surface area contributed by atoms with E-state index < -0.39 is 0 Å². The molecular formula is C20H21N3O3. The Hall–Kier alpha value is -2.73. The van der Waals surface area contributed by atoms with Gasteiger partial charge in [-0.1, -0.05) is 18.2 Å². The average molecular weight is 351 g/mol. The Morgan fingerprint density at radius 1 is 1.19 bits per heavy atom. The third-order valence-electron chi connectivity index (χ3n) is 4.52. The molecule has 1 saturated heterocycles. The number of oxazole rings is 1. The van der Waals surface area contributed by atoms with Crippen LogP contribution in [0.4, 0.5) is 0 Å². The zero-order valence-corrected chi connectivity index (χ0v) is 14.5. The molecule has 1 amide bonds. The smallest absolute Gasteiger partial charge is 0.232 e. The topological polar surface area (TPSA) is 68.5 Å². The van der Waals surface area contributed by atoms with Crippen LogP contribution in [0.3, 0.4) is 0 Å². The lowest BCUT2D eigenvalue weighted by molar-refractivity contribution is -0.133. The Bertz CT molecular complexity index is 839. The summed E-state index contributed by atoms with van der Waals surface area (Å²) in [7, 11) is 0. The lowest BCUT2D eigenvalue weighted by atomic mass is 10.2. The summed E-state index contributed by atoms with van der Waals surface area (Å²) in [5.41, 5.74) is 2.33. The molecule has 0 N–H and O–H groups in total. The Morgan fingerprint density at radius 2 is 2.08 bits per heavy atom. The molecule has 1 aliphatic heterocycles. The Balaban J connectivity index is 1.50. The van der Waals surface area contributed by atoms with E-state index in [1.807, 2.05) is 42.5 Å². The van der Waals surface area contributed by atoms with Gasteiger partial charge in [0.1, 0.15) is 11.9 Å². The van der Waals surface area contributed by atoms with E-state index in [2.05, 4.69) is 9.97 Å².